The maximum absolute atomic E-state index is 12.5. The van der Waals surface area contributed by atoms with Crippen molar-refractivity contribution in [2.45, 2.75) is 25.9 Å². The Balaban J connectivity index is 2.04. The monoisotopic (exact) mass is 406 g/mol. The van der Waals surface area contributed by atoms with Crippen molar-refractivity contribution in [1.82, 2.24) is 5.32 Å². The third-order valence-corrected chi connectivity index (χ3v) is 4.65. The number of anilines is 1. The smallest absolute Gasteiger partial charge is 0.241 e. The third kappa shape index (κ3) is 4.96. The first-order valence-electron chi connectivity index (χ1n) is 7.99. The molecule has 0 radical (unpaired) electrons. The topological polar surface area (TPSA) is 59.6 Å². The number of halogens is 1. The van der Waals surface area contributed by atoms with E-state index in [9.17, 15) is 4.79 Å². The van der Waals surface area contributed by atoms with Crippen LogP contribution in [0.15, 0.2) is 46.9 Å². The molecule has 2 atom stereocenters. The Bertz CT molecular complexity index is 736. The fraction of sp³-hybridized carbons (Fsp3) is 0.316. The summed E-state index contributed by atoms with van der Waals surface area (Å²) in [5, 5.41) is 6.20. The maximum atomic E-state index is 12.5. The predicted octanol–water partition coefficient (Wildman–Crippen LogP) is 4.14. The van der Waals surface area contributed by atoms with Crippen LogP contribution in [0.1, 0.15) is 25.5 Å². The van der Waals surface area contributed by atoms with Crippen LogP contribution in [-0.2, 0) is 4.79 Å². The van der Waals surface area contributed by atoms with Gasteiger partial charge < -0.3 is 14.8 Å². The number of methoxy groups -OCH3 is 2. The molecule has 0 spiro atoms. The molecule has 2 rings (SSSR count). The van der Waals surface area contributed by atoms with Gasteiger partial charge in [-0.1, -0.05) is 34.1 Å². The number of amides is 1. The van der Waals surface area contributed by atoms with Gasteiger partial charge >= 0.3 is 0 Å². The Labute approximate surface area is 156 Å². The largest absolute Gasteiger partial charge is 0.497 e. The number of benzene rings is 2. The molecule has 0 aliphatic heterocycles. The molecule has 0 saturated carbocycles. The van der Waals surface area contributed by atoms with Crippen molar-refractivity contribution in [3.63, 3.8) is 0 Å². The Hall–Kier alpha value is -2.05. The lowest BCUT2D eigenvalue weighted by molar-refractivity contribution is -0.118. The van der Waals surface area contributed by atoms with Crippen LogP contribution in [0.5, 0.6) is 11.5 Å². The van der Waals surface area contributed by atoms with Gasteiger partial charge in [-0.25, -0.2) is 0 Å². The van der Waals surface area contributed by atoms with Crippen molar-refractivity contribution in [3.8, 4) is 11.5 Å². The van der Waals surface area contributed by atoms with E-state index in [1.165, 1.54) is 0 Å². The van der Waals surface area contributed by atoms with Gasteiger partial charge in [0.1, 0.15) is 11.5 Å². The number of rotatable bonds is 7. The molecule has 2 N–H and O–H groups in total. The molecule has 0 bridgehead atoms. The van der Waals surface area contributed by atoms with Gasteiger partial charge in [0.15, 0.2) is 0 Å². The molecule has 6 heteroatoms. The molecule has 2 unspecified atom stereocenters. The Morgan fingerprint density at radius 1 is 1.08 bits per heavy atom. The second-order valence-electron chi connectivity index (χ2n) is 5.69. The number of hydrogen-bond donors (Lipinski definition) is 2. The minimum absolute atomic E-state index is 0.0223. The quantitative estimate of drug-likeness (QED) is 0.724. The summed E-state index contributed by atoms with van der Waals surface area (Å²) >= 11 is 3.54. The Morgan fingerprint density at radius 2 is 1.80 bits per heavy atom. The summed E-state index contributed by atoms with van der Waals surface area (Å²) in [6.07, 6.45) is 0. The fourth-order valence-electron chi connectivity index (χ4n) is 2.51. The molecule has 0 aliphatic carbocycles. The van der Waals surface area contributed by atoms with Crippen molar-refractivity contribution < 1.29 is 14.3 Å². The van der Waals surface area contributed by atoms with Crippen LogP contribution in [-0.4, -0.2) is 26.2 Å². The van der Waals surface area contributed by atoms with Gasteiger partial charge in [-0.15, -0.1) is 0 Å². The second kappa shape index (κ2) is 8.87. The van der Waals surface area contributed by atoms with Gasteiger partial charge in [0.05, 0.1) is 25.9 Å². The lowest BCUT2D eigenvalue weighted by atomic mass is 10.1. The number of hydrogen-bond acceptors (Lipinski definition) is 4. The summed E-state index contributed by atoms with van der Waals surface area (Å²) in [7, 11) is 3.14. The average molecular weight is 407 g/mol. The molecule has 0 heterocycles. The van der Waals surface area contributed by atoms with Crippen LogP contribution in [0.3, 0.4) is 0 Å². The van der Waals surface area contributed by atoms with E-state index in [0.717, 1.165) is 10.0 Å². The van der Waals surface area contributed by atoms with Crippen molar-refractivity contribution in [3.05, 3.63) is 52.5 Å². The summed E-state index contributed by atoms with van der Waals surface area (Å²) < 4.78 is 11.5. The number of carbonyl (C=O) groups excluding carboxylic acids is 1. The van der Waals surface area contributed by atoms with Gasteiger partial charge in [-0.3, -0.25) is 10.1 Å². The van der Waals surface area contributed by atoms with E-state index in [-0.39, 0.29) is 18.0 Å². The lowest BCUT2D eigenvalue weighted by Gasteiger charge is -2.21. The van der Waals surface area contributed by atoms with Gasteiger partial charge in [0.25, 0.3) is 0 Å². The summed E-state index contributed by atoms with van der Waals surface area (Å²) in [6, 6.07) is 12.9. The van der Waals surface area contributed by atoms with E-state index in [0.29, 0.717) is 17.2 Å². The first-order chi connectivity index (χ1) is 12.0. The lowest BCUT2D eigenvalue weighted by Crippen LogP contribution is -2.39. The number of carbonyl (C=O) groups is 1. The van der Waals surface area contributed by atoms with Crippen LogP contribution < -0.4 is 20.1 Å². The highest BCUT2D eigenvalue weighted by atomic mass is 79.9. The van der Waals surface area contributed by atoms with Gasteiger partial charge in [-0.05, 0) is 37.6 Å². The van der Waals surface area contributed by atoms with Crippen LogP contribution in [0.2, 0.25) is 0 Å². The average Bonchev–Trinajstić information content (AvgIpc) is 2.62. The molecule has 2 aromatic rings. The van der Waals surface area contributed by atoms with Crippen molar-refractivity contribution in [2.75, 3.05) is 19.5 Å². The first-order valence-corrected chi connectivity index (χ1v) is 8.79. The van der Waals surface area contributed by atoms with E-state index in [1.54, 1.807) is 32.4 Å². The minimum atomic E-state index is -0.381. The van der Waals surface area contributed by atoms with E-state index in [2.05, 4.69) is 26.6 Å². The molecular formula is C19H23BrN2O3. The molecule has 25 heavy (non-hydrogen) atoms. The van der Waals surface area contributed by atoms with E-state index in [1.807, 2.05) is 38.1 Å². The van der Waals surface area contributed by atoms with Gasteiger partial charge in [-0.2, -0.15) is 0 Å². The summed E-state index contributed by atoms with van der Waals surface area (Å²) in [5.41, 5.74) is 1.71. The third-order valence-electron chi connectivity index (χ3n) is 3.93. The van der Waals surface area contributed by atoms with Crippen molar-refractivity contribution in [2.24, 2.45) is 0 Å². The van der Waals surface area contributed by atoms with Crippen molar-refractivity contribution in [1.29, 1.82) is 0 Å². The normalized spacial score (nSPS) is 13.0. The molecule has 5 nitrogen and oxygen atoms in total. The molecule has 134 valence electrons. The summed E-state index contributed by atoms with van der Waals surface area (Å²) in [6.45, 7) is 3.86. The highest BCUT2D eigenvalue weighted by Crippen LogP contribution is 2.29. The SMILES string of the molecule is COc1ccc(NC(=O)C(C)NC(C)c2ccccc2Br)c(OC)c1. The number of ether oxygens (including phenoxy) is 2. The van der Waals surface area contributed by atoms with Crippen LogP contribution in [0.4, 0.5) is 5.69 Å². The molecule has 0 aromatic heterocycles. The minimum Gasteiger partial charge on any atom is -0.497 e. The van der Waals surface area contributed by atoms with E-state index < -0.39 is 0 Å². The molecule has 1 amide bonds. The molecule has 0 saturated heterocycles. The van der Waals surface area contributed by atoms with Crippen LogP contribution in [0, 0.1) is 0 Å². The second-order valence-corrected chi connectivity index (χ2v) is 6.54. The zero-order chi connectivity index (χ0) is 18.4. The maximum Gasteiger partial charge on any atom is 0.241 e. The predicted molar refractivity (Wildman–Crippen MR) is 103 cm³/mol. The van der Waals surface area contributed by atoms with E-state index in [4.69, 9.17) is 9.47 Å². The van der Waals surface area contributed by atoms with Gasteiger partial charge in [0.2, 0.25) is 5.91 Å². The first kappa shape index (κ1) is 19.3. The fourth-order valence-corrected chi connectivity index (χ4v) is 3.14. The Morgan fingerprint density at radius 3 is 2.44 bits per heavy atom. The summed E-state index contributed by atoms with van der Waals surface area (Å²) in [5.74, 6) is 1.09. The van der Waals surface area contributed by atoms with E-state index >= 15 is 0 Å². The van der Waals surface area contributed by atoms with Crippen LogP contribution >= 0.6 is 15.9 Å². The zero-order valence-electron chi connectivity index (χ0n) is 14.8. The van der Waals surface area contributed by atoms with Gasteiger partial charge in [0, 0.05) is 16.6 Å². The molecule has 2 aromatic carbocycles. The highest BCUT2D eigenvalue weighted by molar-refractivity contribution is 9.10. The molecule has 0 aliphatic rings. The Kier molecular flexibility index (Phi) is 6.84. The standard InChI is InChI=1S/C19H23BrN2O3/c1-12(15-7-5-6-8-16(15)20)21-13(2)19(23)22-17-10-9-14(24-3)11-18(17)25-4/h5-13,21H,1-4H3,(H,22,23). The molecular weight excluding hydrogens is 384 g/mol. The zero-order valence-corrected chi connectivity index (χ0v) is 16.4. The highest BCUT2D eigenvalue weighted by Gasteiger charge is 2.19. The van der Waals surface area contributed by atoms with Crippen molar-refractivity contribution >= 4 is 27.5 Å². The van der Waals surface area contributed by atoms with Crippen LogP contribution in [0.25, 0.3) is 0 Å². The number of nitrogens with one attached hydrogen (secondary N) is 2. The molecule has 0 fully saturated rings. The summed E-state index contributed by atoms with van der Waals surface area (Å²) in [4.78, 5) is 12.5.